The van der Waals surface area contributed by atoms with E-state index in [4.69, 9.17) is 23.1 Å². The Morgan fingerprint density at radius 1 is 1.10 bits per heavy atom. The van der Waals surface area contributed by atoms with Crippen molar-refractivity contribution >= 4 is 45.6 Å². The second-order valence-corrected chi connectivity index (χ2v) is 7.65. The lowest BCUT2D eigenvalue weighted by Crippen LogP contribution is -2.42. The molecule has 3 aromatic rings. The molecule has 1 fully saturated rings. The van der Waals surface area contributed by atoms with E-state index in [1.807, 2.05) is 18.2 Å². The van der Waals surface area contributed by atoms with Crippen molar-refractivity contribution in [2.24, 2.45) is 11.5 Å². The van der Waals surface area contributed by atoms with Gasteiger partial charge >= 0.3 is 0 Å². The smallest absolute Gasteiger partial charge is 0.252 e. The van der Waals surface area contributed by atoms with Crippen molar-refractivity contribution in [2.75, 3.05) is 10.6 Å². The zero-order valence-electron chi connectivity index (χ0n) is 15.9. The van der Waals surface area contributed by atoms with Crippen LogP contribution in [-0.4, -0.2) is 28.0 Å². The Kier molecular flexibility index (Phi) is 5.51. The van der Waals surface area contributed by atoms with Crippen LogP contribution >= 0.6 is 11.6 Å². The van der Waals surface area contributed by atoms with E-state index in [9.17, 15) is 4.79 Å². The molecule has 0 saturated heterocycles. The number of halogens is 1. The Hall–Kier alpha value is -2.90. The second kappa shape index (κ2) is 8.23. The summed E-state index contributed by atoms with van der Waals surface area (Å²) in [7, 11) is 0. The summed E-state index contributed by atoms with van der Waals surface area (Å²) in [6.45, 7) is 0. The minimum atomic E-state index is -0.570. The van der Waals surface area contributed by atoms with Crippen molar-refractivity contribution in [1.82, 2.24) is 9.97 Å². The van der Waals surface area contributed by atoms with Crippen LogP contribution in [0.5, 0.6) is 0 Å². The molecule has 1 amide bonds. The Bertz CT molecular complexity index is 1060. The first-order chi connectivity index (χ1) is 14.0. The molecule has 29 heavy (non-hydrogen) atoms. The summed E-state index contributed by atoms with van der Waals surface area (Å²) >= 11 is 6.76. The van der Waals surface area contributed by atoms with Gasteiger partial charge in [0.1, 0.15) is 5.82 Å². The molecule has 1 aromatic carbocycles. The molecule has 0 bridgehead atoms. The standard InChI is InChI=1S/C21H23ClN6O/c22-19-17(28-21-12(20(24)29)5-4-10-25-21)11-26-15-8-3-9-16(18(15)19)27-14-7-2-1-6-13(14)23/h3-5,8-11,13-14,27H,1-2,6-7,23H2,(H2,24,29)(H,25,28). The second-order valence-electron chi connectivity index (χ2n) is 7.27. The predicted octanol–water partition coefficient (Wildman–Crippen LogP) is 3.81. The summed E-state index contributed by atoms with van der Waals surface area (Å²) in [5, 5.41) is 7.95. The summed E-state index contributed by atoms with van der Waals surface area (Å²) in [4.78, 5) is 20.4. The normalized spacial score (nSPS) is 19.1. The Labute approximate surface area is 173 Å². The maximum atomic E-state index is 11.7. The minimum Gasteiger partial charge on any atom is -0.380 e. The van der Waals surface area contributed by atoms with E-state index in [0.29, 0.717) is 16.5 Å². The van der Waals surface area contributed by atoms with E-state index in [-0.39, 0.29) is 17.6 Å². The van der Waals surface area contributed by atoms with Gasteiger partial charge in [-0.1, -0.05) is 30.5 Å². The number of carbonyl (C=O) groups is 1. The lowest BCUT2D eigenvalue weighted by molar-refractivity contribution is 0.100. The van der Waals surface area contributed by atoms with E-state index in [1.165, 1.54) is 0 Å². The van der Waals surface area contributed by atoms with E-state index in [0.717, 1.165) is 42.3 Å². The first kappa shape index (κ1) is 19.4. The topological polar surface area (TPSA) is 119 Å². The first-order valence-electron chi connectivity index (χ1n) is 9.66. The van der Waals surface area contributed by atoms with Crippen molar-refractivity contribution in [1.29, 1.82) is 0 Å². The highest BCUT2D eigenvalue weighted by atomic mass is 35.5. The van der Waals surface area contributed by atoms with Gasteiger partial charge in [0.25, 0.3) is 5.91 Å². The van der Waals surface area contributed by atoms with Crippen molar-refractivity contribution in [3.63, 3.8) is 0 Å². The van der Waals surface area contributed by atoms with Crippen molar-refractivity contribution < 1.29 is 4.79 Å². The number of carbonyl (C=O) groups excluding carboxylic acids is 1. The Morgan fingerprint density at radius 3 is 2.72 bits per heavy atom. The third-order valence-electron chi connectivity index (χ3n) is 5.32. The van der Waals surface area contributed by atoms with Crippen molar-refractivity contribution in [3.8, 4) is 0 Å². The molecule has 2 aromatic heterocycles. The largest absolute Gasteiger partial charge is 0.380 e. The molecular formula is C21H23ClN6O. The lowest BCUT2D eigenvalue weighted by Gasteiger charge is -2.30. The quantitative estimate of drug-likeness (QED) is 0.507. The summed E-state index contributed by atoms with van der Waals surface area (Å²) in [5.74, 6) is -0.234. The SMILES string of the molecule is NC(=O)c1cccnc1Nc1cnc2cccc(NC3CCCCC3N)c2c1Cl. The fraction of sp³-hybridized carbons (Fsp3) is 0.286. The number of aromatic nitrogens is 2. The highest BCUT2D eigenvalue weighted by Crippen LogP contribution is 2.37. The molecule has 8 heteroatoms. The van der Waals surface area contributed by atoms with Crippen LogP contribution in [0.4, 0.5) is 17.2 Å². The van der Waals surface area contributed by atoms with E-state index < -0.39 is 5.91 Å². The molecule has 1 saturated carbocycles. The number of benzene rings is 1. The van der Waals surface area contributed by atoms with Crippen LogP contribution in [-0.2, 0) is 0 Å². The Morgan fingerprint density at radius 2 is 1.93 bits per heavy atom. The summed E-state index contributed by atoms with van der Waals surface area (Å²) < 4.78 is 0. The molecule has 6 N–H and O–H groups in total. The van der Waals surface area contributed by atoms with Gasteiger partial charge in [0.2, 0.25) is 0 Å². The fourth-order valence-corrected chi connectivity index (χ4v) is 4.08. The van der Waals surface area contributed by atoms with Crippen LogP contribution in [0.1, 0.15) is 36.0 Å². The molecule has 0 spiro atoms. The first-order valence-corrected chi connectivity index (χ1v) is 10.0. The van der Waals surface area contributed by atoms with Gasteiger partial charge in [0.05, 0.1) is 28.0 Å². The predicted molar refractivity (Wildman–Crippen MR) is 117 cm³/mol. The van der Waals surface area contributed by atoms with Gasteiger partial charge in [-0.3, -0.25) is 9.78 Å². The molecular weight excluding hydrogens is 388 g/mol. The van der Waals surface area contributed by atoms with Gasteiger partial charge in [-0.15, -0.1) is 0 Å². The van der Waals surface area contributed by atoms with E-state index >= 15 is 0 Å². The molecule has 1 aliphatic rings. The molecule has 0 aliphatic heterocycles. The summed E-state index contributed by atoms with van der Waals surface area (Å²) in [6, 6.07) is 9.40. The molecule has 150 valence electrons. The molecule has 2 heterocycles. The molecule has 7 nitrogen and oxygen atoms in total. The number of nitrogens with two attached hydrogens (primary N) is 2. The van der Waals surface area contributed by atoms with Crippen LogP contribution in [0.25, 0.3) is 10.9 Å². The van der Waals surface area contributed by atoms with Crippen LogP contribution in [0.3, 0.4) is 0 Å². The van der Waals surface area contributed by atoms with Gasteiger partial charge < -0.3 is 22.1 Å². The number of primary amides is 1. The number of pyridine rings is 2. The van der Waals surface area contributed by atoms with Crippen LogP contribution in [0.2, 0.25) is 5.02 Å². The molecule has 2 unspecified atom stereocenters. The molecule has 1 aliphatic carbocycles. The maximum absolute atomic E-state index is 11.7. The number of hydrogen-bond acceptors (Lipinski definition) is 6. The van der Waals surface area contributed by atoms with E-state index in [2.05, 4.69) is 20.6 Å². The average Bonchev–Trinajstić information content (AvgIpc) is 2.72. The minimum absolute atomic E-state index is 0.110. The van der Waals surface area contributed by atoms with Gasteiger partial charge in [0.15, 0.2) is 0 Å². The van der Waals surface area contributed by atoms with Gasteiger partial charge in [0, 0.05) is 29.4 Å². The monoisotopic (exact) mass is 410 g/mol. The maximum Gasteiger partial charge on any atom is 0.252 e. The highest BCUT2D eigenvalue weighted by molar-refractivity contribution is 6.39. The van der Waals surface area contributed by atoms with E-state index in [1.54, 1.807) is 24.5 Å². The highest BCUT2D eigenvalue weighted by Gasteiger charge is 2.23. The van der Waals surface area contributed by atoms with Crippen LogP contribution in [0.15, 0.2) is 42.7 Å². The number of amides is 1. The lowest BCUT2D eigenvalue weighted by atomic mass is 9.90. The van der Waals surface area contributed by atoms with Crippen molar-refractivity contribution in [3.05, 3.63) is 53.3 Å². The molecule has 0 radical (unpaired) electrons. The molecule has 4 rings (SSSR count). The average molecular weight is 411 g/mol. The van der Waals surface area contributed by atoms with Crippen LogP contribution < -0.4 is 22.1 Å². The number of rotatable bonds is 5. The van der Waals surface area contributed by atoms with Crippen molar-refractivity contribution in [2.45, 2.75) is 37.8 Å². The molecule has 2 atom stereocenters. The fourth-order valence-electron chi connectivity index (χ4n) is 3.78. The zero-order chi connectivity index (χ0) is 20.4. The van der Waals surface area contributed by atoms with Gasteiger partial charge in [-0.2, -0.15) is 0 Å². The van der Waals surface area contributed by atoms with Gasteiger partial charge in [-0.05, 0) is 37.1 Å². The number of fused-ring (bicyclic) bond motifs is 1. The van der Waals surface area contributed by atoms with Gasteiger partial charge in [-0.25, -0.2) is 4.98 Å². The van der Waals surface area contributed by atoms with Crippen LogP contribution in [0, 0.1) is 0 Å². The number of anilines is 3. The number of nitrogens with zero attached hydrogens (tertiary/aromatic N) is 2. The summed E-state index contributed by atoms with van der Waals surface area (Å²) in [6.07, 6.45) is 7.56. The number of hydrogen-bond donors (Lipinski definition) is 4. The third-order valence-corrected chi connectivity index (χ3v) is 5.71. The summed E-state index contributed by atoms with van der Waals surface area (Å²) in [5.41, 5.74) is 14.2. The number of nitrogens with one attached hydrogen (secondary N) is 2. The third kappa shape index (κ3) is 3.97. The Balaban J connectivity index is 1.72. The zero-order valence-corrected chi connectivity index (χ0v) is 16.6.